The molecule has 3 aromatic rings. The Morgan fingerprint density at radius 3 is 2.32 bits per heavy atom. The van der Waals surface area contributed by atoms with Gasteiger partial charge in [-0.1, -0.05) is 19.8 Å². The minimum absolute atomic E-state index is 0.0335. The minimum atomic E-state index is -0.449. The van der Waals surface area contributed by atoms with Gasteiger partial charge in [0.15, 0.2) is 5.65 Å². The normalized spacial score (nSPS) is 13.7. The molecule has 2 aromatic heterocycles. The Bertz CT molecular complexity index is 1360. The second kappa shape index (κ2) is 11.5. The summed E-state index contributed by atoms with van der Waals surface area (Å²) in [4.78, 5) is 47.0. The highest BCUT2D eigenvalue weighted by molar-refractivity contribution is 5.76. The second-order valence-electron chi connectivity index (χ2n) is 9.23. The number of aryl methyl sites for hydroxylation is 1. The van der Waals surface area contributed by atoms with Gasteiger partial charge in [-0.05, 0) is 19.3 Å². The molecule has 1 aromatic carbocycles. The fourth-order valence-electron chi connectivity index (χ4n) is 4.94. The van der Waals surface area contributed by atoms with Gasteiger partial charge >= 0.3 is 5.69 Å². The smallest absolute Gasteiger partial charge is 0.332 e. The Morgan fingerprint density at radius 1 is 1.05 bits per heavy atom. The molecule has 37 heavy (non-hydrogen) atoms. The molecular formula is C26H35N5O6. The number of carbonyl (C=O) groups excluding carboxylic acids is 1. The molecule has 1 fully saturated rings. The molecule has 1 amide bonds. The van der Waals surface area contributed by atoms with Crippen LogP contribution >= 0.6 is 0 Å². The first-order valence-electron chi connectivity index (χ1n) is 12.7. The van der Waals surface area contributed by atoms with Crippen LogP contribution in [0.15, 0.2) is 21.7 Å². The highest BCUT2D eigenvalue weighted by Crippen LogP contribution is 2.34. The van der Waals surface area contributed by atoms with Crippen molar-refractivity contribution in [2.24, 2.45) is 0 Å². The van der Waals surface area contributed by atoms with Crippen molar-refractivity contribution < 1.29 is 19.0 Å². The van der Waals surface area contributed by atoms with Crippen LogP contribution < -0.4 is 30.8 Å². The van der Waals surface area contributed by atoms with Crippen LogP contribution in [0.3, 0.4) is 0 Å². The van der Waals surface area contributed by atoms with Crippen LogP contribution in [0.1, 0.15) is 62.8 Å². The van der Waals surface area contributed by atoms with E-state index in [4.69, 9.17) is 14.2 Å². The molecule has 0 saturated heterocycles. The molecule has 4 rings (SSSR count). The van der Waals surface area contributed by atoms with Crippen molar-refractivity contribution >= 4 is 17.1 Å². The number of carbonyl (C=O) groups is 1. The molecule has 1 aliphatic rings. The van der Waals surface area contributed by atoms with Gasteiger partial charge in [-0.2, -0.15) is 0 Å². The standard InChI is InChI=1S/C26H35N5O6/c1-5-11-31-25(33)22-24(29-23(28-22)16-8-6-7-9-16)30(26(31)34)12-10-21(32)27-15-18-19(36-3)13-17(35-2)14-20(18)37-4/h13-14,16H,5-12,15H2,1-4H3,(H,27,32)(H,28,29). The van der Waals surface area contributed by atoms with Gasteiger partial charge < -0.3 is 24.5 Å². The molecule has 0 spiro atoms. The van der Waals surface area contributed by atoms with E-state index < -0.39 is 5.69 Å². The molecule has 2 N–H and O–H groups in total. The first-order chi connectivity index (χ1) is 17.9. The van der Waals surface area contributed by atoms with Gasteiger partial charge in [0, 0.05) is 37.6 Å². The van der Waals surface area contributed by atoms with Gasteiger partial charge in [0.25, 0.3) is 5.56 Å². The van der Waals surface area contributed by atoms with Crippen LogP contribution in [0.2, 0.25) is 0 Å². The average molecular weight is 514 g/mol. The van der Waals surface area contributed by atoms with E-state index in [1.54, 1.807) is 19.2 Å². The number of ether oxygens (including phenoxy) is 3. The number of nitrogens with one attached hydrogen (secondary N) is 2. The first kappa shape index (κ1) is 26.3. The summed E-state index contributed by atoms with van der Waals surface area (Å²) in [5.41, 5.74) is 0.496. The van der Waals surface area contributed by atoms with E-state index in [2.05, 4.69) is 15.3 Å². The van der Waals surface area contributed by atoms with Crippen LogP contribution in [0.4, 0.5) is 0 Å². The summed E-state index contributed by atoms with van der Waals surface area (Å²) in [6.07, 6.45) is 4.93. The largest absolute Gasteiger partial charge is 0.496 e. The summed E-state index contributed by atoms with van der Waals surface area (Å²) >= 11 is 0. The van der Waals surface area contributed by atoms with E-state index in [1.165, 1.54) is 23.4 Å². The van der Waals surface area contributed by atoms with E-state index in [-0.39, 0.29) is 36.9 Å². The minimum Gasteiger partial charge on any atom is -0.496 e. The summed E-state index contributed by atoms with van der Waals surface area (Å²) < 4.78 is 18.8. The molecule has 0 atom stereocenters. The van der Waals surface area contributed by atoms with Gasteiger partial charge in [0.05, 0.1) is 33.4 Å². The SMILES string of the molecule is CCCn1c(=O)c2[nH]c(C3CCCC3)nc2n(CCC(=O)NCc2c(OC)cc(OC)cc2OC)c1=O. The number of benzene rings is 1. The van der Waals surface area contributed by atoms with Crippen molar-refractivity contribution in [2.75, 3.05) is 21.3 Å². The van der Waals surface area contributed by atoms with Crippen molar-refractivity contribution in [1.29, 1.82) is 0 Å². The summed E-state index contributed by atoms with van der Waals surface area (Å²) in [5.74, 6) is 2.36. The zero-order chi connectivity index (χ0) is 26.5. The quantitative estimate of drug-likeness (QED) is 0.403. The van der Waals surface area contributed by atoms with Gasteiger partial charge in [0.1, 0.15) is 28.6 Å². The third kappa shape index (κ3) is 5.35. The summed E-state index contributed by atoms with van der Waals surface area (Å²) in [6, 6.07) is 3.44. The number of aromatic nitrogens is 4. The molecule has 1 aliphatic carbocycles. The maximum absolute atomic E-state index is 13.2. The lowest BCUT2D eigenvalue weighted by Gasteiger charge is -2.16. The lowest BCUT2D eigenvalue weighted by Crippen LogP contribution is -2.40. The molecule has 11 nitrogen and oxygen atoms in total. The molecule has 200 valence electrons. The number of amides is 1. The van der Waals surface area contributed by atoms with Crippen LogP contribution in [0.5, 0.6) is 17.2 Å². The monoisotopic (exact) mass is 513 g/mol. The molecule has 0 radical (unpaired) electrons. The van der Waals surface area contributed by atoms with Crippen molar-refractivity contribution in [2.45, 2.75) is 71.0 Å². The van der Waals surface area contributed by atoms with Crippen molar-refractivity contribution in [3.05, 3.63) is 44.4 Å². The number of aromatic amines is 1. The highest BCUT2D eigenvalue weighted by Gasteiger charge is 2.24. The van der Waals surface area contributed by atoms with E-state index in [1.807, 2.05) is 6.92 Å². The molecule has 1 saturated carbocycles. The number of H-pyrrole nitrogens is 1. The van der Waals surface area contributed by atoms with Gasteiger partial charge in [-0.15, -0.1) is 0 Å². The third-order valence-corrected chi connectivity index (χ3v) is 6.91. The fraction of sp³-hybridized carbons (Fsp3) is 0.538. The number of hydrogen-bond donors (Lipinski definition) is 2. The number of nitrogens with zero attached hydrogens (tertiary/aromatic N) is 3. The van der Waals surface area contributed by atoms with Crippen molar-refractivity contribution in [3.63, 3.8) is 0 Å². The highest BCUT2D eigenvalue weighted by atomic mass is 16.5. The predicted octanol–water partition coefficient (Wildman–Crippen LogP) is 2.69. The Labute approximate surface area is 214 Å². The van der Waals surface area contributed by atoms with Gasteiger partial charge in [-0.25, -0.2) is 9.78 Å². The van der Waals surface area contributed by atoms with Gasteiger partial charge in [-0.3, -0.25) is 18.7 Å². The predicted molar refractivity (Wildman–Crippen MR) is 139 cm³/mol. The van der Waals surface area contributed by atoms with Crippen LogP contribution in [0, 0.1) is 0 Å². The Morgan fingerprint density at radius 2 is 1.73 bits per heavy atom. The summed E-state index contributed by atoms with van der Waals surface area (Å²) in [5, 5.41) is 2.87. The Balaban J connectivity index is 1.56. The van der Waals surface area contributed by atoms with Crippen LogP contribution in [-0.2, 0) is 24.4 Å². The van der Waals surface area contributed by atoms with E-state index >= 15 is 0 Å². The molecular weight excluding hydrogens is 478 g/mol. The maximum atomic E-state index is 13.2. The number of fused-ring (bicyclic) bond motifs is 1. The third-order valence-electron chi connectivity index (χ3n) is 6.91. The second-order valence-corrected chi connectivity index (χ2v) is 9.23. The molecule has 2 heterocycles. The zero-order valence-corrected chi connectivity index (χ0v) is 21.9. The van der Waals surface area contributed by atoms with E-state index in [0.29, 0.717) is 46.9 Å². The number of methoxy groups -OCH3 is 3. The van der Waals surface area contributed by atoms with E-state index in [0.717, 1.165) is 31.5 Å². The number of rotatable bonds is 11. The van der Waals surface area contributed by atoms with E-state index in [9.17, 15) is 14.4 Å². The zero-order valence-electron chi connectivity index (χ0n) is 21.9. The molecule has 11 heteroatoms. The lowest BCUT2D eigenvalue weighted by molar-refractivity contribution is -0.121. The molecule has 0 bridgehead atoms. The topological polar surface area (TPSA) is 129 Å². The van der Waals surface area contributed by atoms with Crippen molar-refractivity contribution in [3.8, 4) is 17.2 Å². The lowest BCUT2D eigenvalue weighted by atomic mass is 10.1. The molecule has 0 aliphatic heterocycles. The summed E-state index contributed by atoms with van der Waals surface area (Å²) in [6.45, 7) is 2.47. The molecule has 0 unspecified atom stereocenters. The summed E-state index contributed by atoms with van der Waals surface area (Å²) in [7, 11) is 4.62. The number of imidazole rings is 1. The average Bonchev–Trinajstić information content (AvgIpc) is 3.60. The first-order valence-corrected chi connectivity index (χ1v) is 12.7. The Hall–Kier alpha value is -3.76. The number of hydrogen-bond acceptors (Lipinski definition) is 7. The Kier molecular flexibility index (Phi) is 8.20. The van der Waals surface area contributed by atoms with Crippen LogP contribution in [0.25, 0.3) is 11.2 Å². The maximum Gasteiger partial charge on any atom is 0.332 e. The van der Waals surface area contributed by atoms with Gasteiger partial charge in [0.2, 0.25) is 5.91 Å². The van der Waals surface area contributed by atoms with Crippen molar-refractivity contribution in [1.82, 2.24) is 24.4 Å². The van der Waals surface area contributed by atoms with Crippen LogP contribution in [-0.4, -0.2) is 46.3 Å². The fourth-order valence-corrected chi connectivity index (χ4v) is 4.94.